The quantitative estimate of drug-likeness (QED) is 0.898. The van der Waals surface area contributed by atoms with Crippen LogP contribution >= 0.6 is 11.6 Å². The average Bonchev–Trinajstić information content (AvgIpc) is 3.25. The number of hydrogen-bond acceptors (Lipinski definition) is 3. The minimum Gasteiger partial charge on any atom is -0.350 e. The summed E-state index contributed by atoms with van der Waals surface area (Å²) in [6.07, 6.45) is 6.51. The van der Waals surface area contributed by atoms with E-state index >= 15 is 0 Å². The van der Waals surface area contributed by atoms with E-state index in [2.05, 4.69) is 10.3 Å². The van der Waals surface area contributed by atoms with Gasteiger partial charge in [-0.1, -0.05) is 23.7 Å². The SMILES string of the molecule is O=C(NCc1ccc(Cl)cc1)[C@@H]1CCCN1C(=O)Cn1ccnc1. The summed E-state index contributed by atoms with van der Waals surface area (Å²) in [5, 5.41) is 3.57. The van der Waals surface area contributed by atoms with Crippen LogP contribution in [-0.4, -0.2) is 38.9 Å². The minimum atomic E-state index is -0.395. The molecule has 0 aliphatic carbocycles. The van der Waals surface area contributed by atoms with Crippen molar-refractivity contribution in [1.29, 1.82) is 0 Å². The van der Waals surface area contributed by atoms with Crippen LogP contribution in [0.4, 0.5) is 0 Å². The minimum absolute atomic E-state index is 0.0582. The van der Waals surface area contributed by atoms with Crippen LogP contribution in [0.3, 0.4) is 0 Å². The third-order valence-corrected chi connectivity index (χ3v) is 4.38. The first-order valence-electron chi connectivity index (χ1n) is 7.91. The van der Waals surface area contributed by atoms with Gasteiger partial charge in [0.05, 0.1) is 6.33 Å². The maximum atomic E-state index is 12.5. The Morgan fingerprint density at radius 3 is 2.79 bits per heavy atom. The third kappa shape index (κ3) is 3.94. The predicted octanol–water partition coefficient (Wildman–Crippen LogP) is 1.84. The Balaban J connectivity index is 1.56. The van der Waals surface area contributed by atoms with Crippen LogP contribution in [0.1, 0.15) is 18.4 Å². The number of hydrogen-bond donors (Lipinski definition) is 1. The second-order valence-electron chi connectivity index (χ2n) is 5.82. The Labute approximate surface area is 145 Å². The Hall–Kier alpha value is -2.34. The largest absolute Gasteiger partial charge is 0.350 e. The van der Waals surface area contributed by atoms with Crippen molar-refractivity contribution in [2.24, 2.45) is 0 Å². The van der Waals surface area contributed by atoms with E-state index in [4.69, 9.17) is 11.6 Å². The highest BCUT2D eigenvalue weighted by molar-refractivity contribution is 6.30. The van der Waals surface area contributed by atoms with Crippen molar-refractivity contribution in [1.82, 2.24) is 19.8 Å². The van der Waals surface area contributed by atoms with E-state index in [1.54, 1.807) is 40.3 Å². The number of likely N-dealkylation sites (tertiary alicyclic amines) is 1. The lowest BCUT2D eigenvalue weighted by Gasteiger charge is -2.24. The van der Waals surface area contributed by atoms with Gasteiger partial charge in [0.1, 0.15) is 12.6 Å². The van der Waals surface area contributed by atoms with E-state index in [0.717, 1.165) is 12.0 Å². The molecule has 1 aliphatic rings. The molecule has 0 saturated carbocycles. The zero-order chi connectivity index (χ0) is 16.9. The molecule has 0 spiro atoms. The fraction of sp³-hybridized carbons (Fsp3) is 0.353. The van der Waals surface area contributed by atoms with Gasteiger partial charge in [0, 0.05) is 30.5 Å². The maximum Gasteiger partial charge on any atom is 0.243 e. The smallest absolute Gasteiger partial charge is 0.243 e. The molecule has 3 rings (SSSR count). The number of halogens is 1. The van der Waals surface area contributed by atoms with Crippen LogP contribution < -0.4 is 5.32 Å². The van der Waals surface area contributed by atoms with Crippen molar-refractivity contribution < 1.29 is 9.59 Å². The van der Waals surface area contributed by atoms with Crippen LogP contribution in [-0.2, 0) is 22.7 Å². The molecule has 1 aliphatic heterocycles. The van der Waals surface area contributed by atoms with Gasteiger partial charge in [-0.05, 0) is 30.5 Å². The van der Waals surface area contributed by atoms with Crippen molar-refractivity contribution in [3.63, 3.8) is 0 Å². The van der Waals surface area contributed by atoms with Gasteiger partial charge in [0.15, 0.2) is 0 Å². The lowest BCUT2D eigenvalue weighted by molar-refractivity contribution is -0.139. The molecule has 1 fully saturated rings. The highest BCUT2D eigenvalue weighted by Gasteiger charge is 2.33. The number of amides is 2. The summed E-state index contributed by atoms with van der Waals surface area (Å²) in [4.78, 5) is 30.5. The van der Waals surface area contributed by atoms with Crippen LogP contribution in [0, 0.1) is 0 Å². The highest BCUT2D eigenvalue weighted by atomic mass is 35.5. The molecule has 0 bridgehead atoms. The molecular weight excluding hydrogens is 328 g/mol. The molecule has 2 aromatic rings. The molecule has 1 atom stereocenters. The number of nitrogens with zero attached hydrogens (tertiary/aromatic N) is 3. The van der Waals surface area contributed by atoms with E-state index in [-0.39, 0.29) is 18.4 Å². The molecule has 7 heteroatoms. The molecule has 2 amide bonds. The number of aromatic nitrogens is 2. The zero-order valence-electron chi connectivity index (χ0n) is 13.2. The first kappa shape index (κ1) is 16.5. The number of benzene rings is 1. The van der Waals surface area contributed by atoms with Gasteiger partial charge >= 0.3 is 0 Å². The lowest BCUT2D eigenvalue weighted by Crippen LogP contribution is -2.46. The first-order chi connectivity index (χ1) is 11.6. The number of nitrogens with one attached hydrogen (secondary N) is 1. The van der Waals surface area contributed by atoms with E-state index in [1.165, 1.54) is 0 Å². The van der Waals surface area contributed by atoms with Gasteiger partial charge in [0.25, 0.3) is 0 Å². The second-order valence-corrected chi connectivity index (χ2v) is 6.26. The standard InChI is InChI=1S/C17H19ClN4O2/c18-14-5-3-13(4-6-14)10-20-17(24)15-2-1-8-22(15)16(23)11-21-9-7-19-12-21/h3-7,9,12,15H,1-2,8,10-11H2,(H,20,24)/t15-/m0/s1. The molecule has 2 heterocycles. The number of rotatable bonds is 5. The van der Waals surface area contributed by atoms with Gasteiger partial charge in [0.2, 0.25) is 11.8 Å². The second kappa shape index (κ2) is 7.49. The predicted molar refractivity (Wildman–Crippen MR) is 90.3 cm³/mol. The van der Waals surface area contributed by atoms with Crippen molar-refractivity contribution >= 4 is 23.4 Å². The summed E-state index contributed by atoms with van der Waals surface area (Å²) < 4.78 is 1.71. The summed E-state index contributed by atoms with van der Waals surface area (Å²) in [5.74, 6) is -0.168. The zero-order valence-corrected chi connectivity index (χ0v) is 13.9. The van der Waals surface area contributed by atoms with Gasteiger partial charge in [-0.25, -0.2) is 4.98 Å². The van der Waals surface area contributed by atoms with Crippen LogP contribution in [0.2, 0.25) is 5.02 Å². The van der Waals surface area contributed by atoms with Crippen LogP contribution in [0.15, 0.2) is 43.0 Å². The Morgan fingerprint density at radius 2 is 2.08 bits per heavy atom. The monoisotopic (exact) mass is 346 g/mol. The van der Waals surface area contributed by atoms with Gasteiger partial charge in [-0.3, -0.25) is 9.59 Å². The van der Waals surface area contributed by atoms with Gasteiger partial charge in [-0.15, -0.1) is 0 Å². The summed E-state index contributed by atoms with van der Waals surface area (Å²) >= 11 is 5.85. The Kier molecular flexibility index (Phi) is 5.15. The molecule has 0 unspecified atom stereocenters. The van der Waals surface area contributed by atoms with Crippen molar-refractivity contribution in [3.8, 4) is 0 Å². The van der Waals surface area contributed by atoms with E-state index in [1.807, 2.05) is 12.1 Å². The van der Waals surface area contributed by atoms with Gasteiger partial charge in [-0.2, -0.15) is 0 Å². The maximum absolute atomic E-state index is 12.5. The molecular formula is C17H19ClN4O2. The van der Waals surface area contributed by atoms with Crippen molar-refractivity contribution in [2.45, 2.75) is 32.0 Å². The molecule has 1 saturated heterocycles. The van der Waals surface area contributed by atoms with Crippen molar-refractivity contribution in [2.75, 3.05) is 6.54 Å². The number of carbonyl (C=O) groups is 2. The fourth-order valence-corrected chi connectivity index (χ4v) is 3.00. The summed E-state index contributed by atoms with van der Waals surface area (Å²) in [7, 11) is 0. The molecule has 126 valence electrons. The van der Waals surface area contributed by atoms with Crippen molar-refractivity contribution in [3.05, 3.63) is 53.6 Å². The summed E-state index contributed by atoms with van der Waals surface area (Å²) in [6, 6.07) is 6.94. The molecule has 0 radical (unpaired) electrons. The summed E-state index contributed by atoms with van der Waals surface area (Å²) in [5.41, 5.74) is 0.974. The molecule has 1 aromatic heterocycles. The highest BCUT2D eigenvalue weighted by Crippen LogP contribution is 2.18. The first-order valence-corrected chi connectivity index (χ1v) is 8.28. The Bertz CT molecular complexity index is 700. The van der Waals surface area contributed by atoms with Crippen LogP contribution in [0.5, 0.6) is 0 Å². The van der Waals surface area contributed by atoms with E-state index in [0.29, 0.717) is 24.5 Å². The van der Waals surface area contributed by atoms with Gasteiger partial charge < -0.3 is 14.8 Å². The molecule has 6 nitrogen and oxygen atoms in total. The normalized spacial score (nSPS) is 17.0. The number of carbonyl (C=O) groups excluding carboxylic acids is 2. The number of imidazole rings is 1. The van der Waals surface area contributed by atoms with Crippen LogP contribution in [0.25, 0.3) is 0 Å². The van der Waals surface area contributed by atoms with E-state index in [9.17, 15) is 9.59 Å². The molecule has 24 heavy (non-hydrogen) atoms. The van der Waals surface area contributed by atoms with E-state index < -0.39 is 6.04 Å². The third-order valence-electron chi connectivity index (χ3n) is 4.13. The Morgan fingerprint density at radius 1 is 1.29 bits per heavy atom. The molecule has 1 N–H and O–H groups in total. The fourth-order valence-electron chi connectivity index (χ4n) is 2.87. The topological polar surface area (TPSA) is 67.2 Å². The average molecular weight is 347 g/mol. The molecule has 1 aromatic carbocycles. The summed E-state index contributed by atoms with van der Waals surface area (Å²) in [6.45, 7) is 1.25. The lowest BCUT2D eigenvalue weighted by atomic mass is 10.2.